The highest BCUT2D eigenvalue weighted by atomic mass is 16.5. The predicted octanol–water partition coefficient (Wildman–Crippen LogP) is 1.48. The van der Waals surface area contributed by atoms with E-state index in [-0.39, 0.29) is 0 Å². The van der Waals surface area contributed by atoms with Crippen LogP contribution in [0.1, 0.15) is 36.0 Å². The zero-order chi connectivity index (χ0) is 13.8. The molecule has 1 fully saturated rings. The Morgan fingerprint density at radius 1 is 1.32 bits per heavy atom. The van der Waals surface area contributed by atoms with E-state index < -0.39 is 5.91 Å². The average Bonchev–Trinajstić information content (AvgIpc) is 2.41. The minimum absolute atomic E-state index is 0.317. The molecule has 1 saturated carbocycles. The summed E-state index contributed by atoms with van der Waals surface area (Å²) in [7, 11) is 1.61. The first-order valence-corrected chi connectivity index (χ1v) is 6.60. The molecule has 2 rings (SSSR count). The van der Waals surface area contributed by atoms with Gasteiger partial charge < -0.3 is 21.5 Å². The molecule has 0 atom stereocenters. The van der Waals surface area contributed by atoms with Crippen LogP contribution in [0.15, 0.2) is 18.2 Å². The van der Waals surface area contributed by atoms with Crippen molar-refractivity contribution in [2.45, 2.75) is 37.8 Å². The van der Waals surface area contributed by atoms with Gasteiger partial charge in [-0.05, 0) is 43.9 Å². The molecule has 0 radical (unpaired) electrons. The van der Waals surface area contributed by atoms with Gasteiger partial charge in [-0.3, -0.25) is 4.79 Å². The van der Waals surface area contributed by atoms with Gasteiger partial charge in [0, 0.05) is 17.6 Å². The summed E-state index contributed by atoms with van der Waals surface area (Å²) in [5, 5.41) is 3.43. The Kier molecular flexibility index (Phi) is 4.27. The molecule has 0 aliphatic heterocycles. The standard InChI is InChI=1S/C14H21N3O2/c1-19-13-7-2-9(14(16)18)8-12(13)17-11-5-3-10(15)4-6-11/h2,7-8,10-11,17H,3-6,15H2,1H3,(H2,16,18). The highest BCUT2D eigenvalue weighted by Gasteiger charge is 2.19. The molecular formula is C14H21N3O2. The molecule has 104 valence electrons. The van der Waals surface area contributed by atoms with Crippen LogP contribution in [0, 0.1) is 0 Å². The summed E-state index contributed by atoms with van der Waals surface area (Å²) in [4.78, 5) is 11.2. The van der Waals surface area contributed by atoms with Gasteiger partial charge in [-0.25, -0.2) is 0 Å². The fourth-order valence-corrected chi connectivity index (χ4v) is 2.46. The molecule has 19 heavy (non-hydrogen) atoms. The summed E-state index contributed by atoms with van der Waals surface area (Å²) >= 11 is 0. The van der Waals surface area contributed by atoms with E-state index in [2.05, 4.69) is 5.32 Å². The number of methoxy groups -OCH3 is 1. The quantitative estimate of drug-likeness (QED) is 0.767. The summed E-state index contributed by atoms with van der Waals surface area (Å²) in [6, 6.07) is 5.87. The van der Waals surface area contributed by atoms with E-state index in [1.165, 1.54) is 0 Å². The Hall–Kier alpha value is -1.75. The normalized spacial score (nSPS) is 22.8. The fourth-order valence-electron chi connectivity index (χ4n) is 2.46. The Balaban J connectivity index is 2.13. The van der Waals surface area contributed by atoms with Crippen LogP contribution in [0.3, 0.4) is 0 Å². The van der Waals surface area contributed by atoms with Gasteiger partial charge in [0.25, 0.3) is 0 Å². The third-order valence-electron chi connectivity index (χ3n) is 3.62. The van der Waals surface area contributed by atoms with Crippen LogP contribution < -0.4 is 21.5 Å². The summed E-state index contributed by atoms with van der Waals surface area (Å²) < 4.78 is 5.30. The summed E-state index contributed by atoms with van der Waals surface area (Å²) in [5.41, 5.74) is 12.5. The second-order valence-electron chi connectivity index (χ2n) is 5.04. The monoisotopic (exact) mass is 263 g/mol. The lowest BCUT2D eigenvalue weighted by molar-refractivity contribution is 0.100. The number of primary amides is 1. The number of amides is 1. The number of benzene rings is 1. The van der Waals surface area contributed by atoms with Crippen molar-refractivity contribution in [2.75, 3.05) is 12.4 Å². The van der Waals surface area contributed by atoms with Gasteiger partial charge in [-0.1, -0.05) is 0 Å². The summed E-state index contributed by atoms with van der Waals surface area (Å²) in [6.45, 7) is 0. The highest BCUT2D eigenvalue weighted by Crippen LogP contribution is 2.29. The lowest BCUT2D eigenvalue weighted by Gasteiger charge is -2.28. The van der Waals surface area contributed by atoms with E-state index in [4.69, 9.17) is 16.2 Å². The fraction of sp³-hybridized carbons (Fsp3) is 0.500. The number of carbonyl (C=O) groups excluding carboxylic acids is 1. The molecule has 1 aliphatic rings. The second kappa shape index (κ2) is 5.93. The topological polar surface area (TPSA) is 90.4 Å². The Morgan fingerprint density at radius 2 is 2.00 bits per heavy atom. The number of ether oxygens (including phenoxy) is 1. The Morgan fingerprint density at radius 3 is 2.58 bits per heavy atom. The van der Waals surface area contributed by atoms with Crippen LogP contribution >= 0.6 is 0 Å². The first-order valence-electron chi connectivity index (χ1n) is 6.60. The van der Waals surface area contributed by atoms with Crippen LogP contribution in [0.4, 0.5) is 5.69 Å². The zero-order valence-electron chi connectivity index (χ0n) is 11.2. The molecule has 0 bridgehead atoms. The van der Waals surface area contributed by atoms with E-state index in [1.54, 1.807) is 25.3 Å². The van der Waals surface area contributed by atoms with Gasteiger partial charge in [0.05, 0.1) is 12.8 Å². The zero-order valence-corrected chi connectivity index (χ0v) is 11.2. The molecule has 5 heteroatoms. The molecule has 0 heterocycles. The number of rotatable bonds is 4. The van der Waals surface area contributed by atoms with Crippen LogP contribution in [0.2, 0.25) is 0 Å². The molecule has 0 aromatic heterocycles. The predicted molar refractivity (Wildman–Crippen MR) is 75.4 cm³/mol. The van der Waals surface area contributed by atoms with Crippen molar-refractivity contribution < 1.29 is 9.53 Å². The largest absolute Gasteiger partial charge is 0.495 e. The van der Waals surface area contributed by atoms with Crippen molar-refractivity contribution in [3.05, 3.63) is 23.8 Å². The van der Waals surface area contributed by atoms with Crippen molar-refractivity contribution in [1.82, 2.24) is 0 Å². The average molecular weight is 263 g/mol. The Labute approximate surface area is 113 Å². The number of carbonyl (C=O) groups is 1. The van der Waals surface area contributed by atoms with E-state index in [0.717, 1.165) is 37.1 Å². The van der Waals surface area contributed by atoms with Gasteiger partial charge in [-0.15, -0.1) is 0 Å². The third-order valence-corrected chi connectivity index (χ3v) is 3.62. The van der Waals surface area contributed by atoms with E-state index in [9.17, 15) is 4.79 Å². The number of nitrogens with one attached hydrogen (secondary N) is 1. The van der Waals surface area contributed by atoms with Crippen molar-refractivity contribution >= 4 is 11.6 Å². The molecular weight excluding hydrogens is 242 g/mol. The molecule has 5 N–H and O–H groups in total. The van der Waals surface area contributed by atoms with Crippen molar-refractivity contribution in [3.8, 4) is 5.75 Å². The van der Waals surface area contributed by atoms with Crippen molar-refractivity contribution in [1.29, 1.82) is 0 Å². The van der Waals surface area contributed by atoms with Crippen LogP contribution in [0.5, 0.6) is 5.75 Å². The maximum Gasteiger partial charge on any atom is 0.248 e. The summed E-state index contributed by atoms with van der Waals surface area (Å²) in [5.74, 6) is 0.288. The highest BCUT2D eigenvalue weighted by molar-refractivity contribution is 5.94. The van der Waals surface area contributed by atoms with Crippen LogP contribution in [-0.4, -0.2) is 25.1 Å². The third kappa shape index (κ3) is 3.38. The second-order valence-corrected chi connectivity index (χ2v) is 5.04. The Bertz CT molecular complexity index is 454. The number of anilines is 1. The minimum Gasteiger partial charge on any atom is -0.495 e. The van der Waals surface area contributed by atoms with Crippen molar-refractivity contribution in [3.63, 3.8) is 0 Å². The van der Waals surface area contributed by atoms with E-state index >= 15 is 0 Å². The number of hydrogen-bond donors (Lipinski definition) is 3. The smallest absolute Gasteiger partial charge is 0.248 e. The number of nitrogens with two attached hydrogens (primary N) is 2. The van der Waals surface area contributed by atoms with Crippen LogP contribution in [0.25, 0.3) is 0 Å². The molecule has 5 nitrogen and oxygen atoms in total. The minimum atomic E-state index is -0.434. The van der Waals surface area contributed by atoms with Gasteiger partial charge in [0.15, 0.2) is 0 Å². The lowest BCUT2D eigenvalue weighted by Crippen LogP contribution is -2.32. The van der Waals surface area contributed by atoms with Gasteiger partial charge >= 0.3 is 0 Å². The molecule has 0 saturated heterocycles. The lowest BCUT2D eigenvalue weighted by atomic mass is 9.91. The van der Waals surface area contributed by atoms with E-state index in [1.807, 2.05) is 0 Å². The van der Waals surface area contributed by atoms with Crippen molar-refractivity contribution in [2.24, 2.45) is 11.5 Å². The molecule has 0 unspecified atom stereocenters. The van der Waals surface area contributed by atoms with Crippen LogP contribution in [-0.2, 0) is 0 Å². The first kappa shape index (κ1) is 13.7. The van der Waals surface area contributed by atoms with Gasteiger partial charge in [0.1, 0.15) is 5.75 Å². The first-order chi connectivity index (χ1) is 9.10. The maximum absolute atomic E-state index is 11.2. The summed E-state index contributed by atoms with van der Waals surface area (Å²) in [6.07, 6.45) is 4.11. The molecule has 1 aromatic carbocycles. The molecule has 0 spiro atoms. The maximum atomic E-state index is 11.2. The van der Waals surface area contributed by atoms with E-state index in [0.29, 0.717) is 17.6 Å². The SMILES string of the molecule is COc1ccc(C(N)=O)cc1NC1CCC(N)CC1. The molecule has 1 aromatic rings. The van der Waals surface area contributed by atoms with Gasteiger partial charge in [0.2, 0.25) is 5.91 Å². The molecule has 1 aliphatic carbocycles. The van der Waals surface area contributed by atoms with Gasteiger partial charge in [-0.2, -0.15) is 0 Å². The number of hydrogen-bond acceptors (Lipinski definition) is 4. The molecule has 1 amide bonds.